The molecule has 9 nitrogen and oxygen atoms in total. The predicted octanol–water partition coefficient (Wildman–Crippen LogP) is 4.33. The number of carbonyl (C=O) groups excluding carboxylic acids is 1. The van der Waals surface area contributed by atoms with Crippen LogP contribution >= 0.6 is 0 Å². The first-order valence-corrected chi connectivity index (χ1v) is 13.0. The van der Waals surface area contributed by atoms with Crippen LogP contribution < -0.4 is 5.56 Å². The zero-order valence-electron chi connectivity index (χ0n) is 21.3. The molecule has 37 heavy (non-hydrogen) atoms. The molecule has 192 valence electrons. The largest absolute Gasteiger partial charge is 0.464 e. The number of unbranched alkanes of at least 4 members (excludes halogenated alkanes) is 1. The van der Waals surface area contributed by atoms with Gasteiger partial charge in [0.1, 0.15) is 6.04 Å². The number of nitrogens with zero attached hydrogens (tertiary/aromatic N) is 5. The maximum absolute atomic E-state index is 13.6. The topological polar surface area (TPSA) is 108 Å². The van der Waals surface area contributed by atoms with Crippen molar-refractivity contribution in [2.24, 2.45) is 0 Å². The van der Waals surface area contributed by atoms with Crippen LogP contribution in [0.2, 0.25) is 0 Å². The molecular weight excluding hydrogens is 468 g/mol. The third-order valence-electron chi connectivity index (χ3n) is 7.01. The molecule has 2 aromatic carbocycles. The fourth-order valence-electron chi connectivity index (χ4n) is 5.24. The van der Waals surface area contributed by atoms with E-state index >= 15 is 0 Å². The molecule has 1 unspecified atom stereocenters. The molecule has 0 spiro atoms. The average Bonchev–Trinajstić information content (AvgIpc) is 3.56. The third kappa shape index (κ3) is 4.85. The number of rotatable bonds is 9. The van der Waals surface area contributed by atoms with Crippen molar-refractivity contribution in [3.05, 3.63) is 75.7 Å². The molecule has 1 aliphatic heterocycles. The van der Waals surface area contributed by atoms with Crippen molar-refractivity contribution in [2.75, 3.05) is 6.61 Å². The summed E-state index contributed by atoms with van der Waals surface area (Å²) in [5.41, 5.74) is 5.75. The van der Waals surface area contributed by atoms with Crippen LogP contribution in [0.3, 0.4) is 0 Å². The van der Waals surface area contributed by atoms with Gasteiger partial charge in [-0.05, 0) is 54.5 Å². The molecule has 0 fully saturated rings. The Hall–Kier alpha value is -4.01. The number of fused-ring (bicyclic) bond motifs is 1. The number of hydrogen-bond acceptors (Lipinski definition) is 6. The third-order valence-corrected chi connectivity index (χ3v) is 7.01. The van der Waals surface area contributed by atoms with Crippen molar-refractivity contribution in [2.45, 2.75) is 65.0 Å². The first-order valence-electron chi connectivity index (χ1n) is 13.0. The van der Waals surface area contributed by atoms with Crippen LogP contribution in [0.15, 0.2) is 53.3 Å². The second-order valence-corrected chi connectivity index (χ2v) is 9.37. The van der Waals surface area contributed by atoms with E-state index < -0.39 is 6.04 Å². The Bertz CT molecular complexity index is 1420. The smallest absolute Gasteiger partial charge is 0.330 e. The van der Waals surface area contributed by atoms with E-state index in [0.29, 0.717) is 31.8 Å². The van der Waals surface area contributed by atoms with Crippen LogP contribution in [-0.2, 0) is 28.9 Å². The van der Waals surface area contributed by atoms with Gasteiger partial charge in [0.25, 0.3) is 5.56 Å². The Balaban J connectivity index is 1.48. The van der Waals surface area contributed by atoms with E-state index in [1.807, 2.05) is 35.9 Å². The van der Waals surface area contributed by atoms with Crippen LogP contribution in [0.4, 0.5) is 0 Å². The fraction of sp³-hybridized carbons (Fsp3) is 0.393. The summed E-state index contributed by atoms with van der Waals surface area (Å²) < 4.78 is 9.08. The zero-order chi connectivity index (χ0) is 25.8. The molecule has 1 atom stereocenters. The van der Waals surface area contributed by atoms with Gasteiger partial charge in [-0.25, -0.2) is 9.48 Å². The van der Waals surface area contributed by atoms with Crippen LogP contribution in [0.25, 0.3) is 22.5 Å². The monoisotopic (exact) mass is 500 g/mol. The lowest BCUT2D eigenvalue weighted by atomic mass is 9.96. The summed E-state index contributed by atoms with van der Waals surface area (Å²) in [6, 6.07) is 15.8. The quantitative estimate of drug-likeness (QED) is 0.343. The van der Waals surface area contributed by atoms with E-state index in [1.165, 1.54) is 0 Å². The molecule has 4 aromatic rings. The van der Waals surface area contributed by atoms with Gasteiger partial charge in [-0.3, -0.25) is 9.48 Å². The molecule has 0 bridgehead atoms. The van der Waals surface area contributed by atoms with Gasteiger partial charge in [-0.15, -0.1) is 10.2 Å². The Morgan fingerprint density at radius 3 is 2.59 bits per heavy atom. The minimum absolute atomic E-state index is 0.00614. The number of tetrazole rings is 1. The van der Waals surface area contributed by atoms with E-state index in [1.54, 1.807) is 4.68 Å². The zero-order valence-corrected chi connectivity index (χ0v) is 21.3. The first kappa shape index (κ1) is 24.7. The van der Waals surface area contributed by atoms with Gasteiger partial charge in [0.2, 0.25) is 5.82 Å². The van der Waals surface area contributed by atoms with E-state index in [2.05, 4.69) is 51.8 Å². The summed E-state index contributed by atoms with van der Waals surface area (Å²) in [4.78, 5) is 26.3. The van der Waals surface area contributed by atoms with Crippen LogP contribution in [0.1, 0.15) is 62.4 Å². The maximum atomic E-state index is 13.6. The van der Waals surface area contributed by atoms with Crippen LogP contribution in [0.5, 0.6) is 0 Å². The molecule has 0 radical (unpaired) electrons. The number of esters is 1. The SMILES string of the molecule is CCCCc1c(Cc2ccc(-c3ccccc3-c3nn[nH]n3)cc2)c(=O)n2n1C(C(=O)OCC)CCC2. The summed E-state index contributed by atoms with van der Waals surface area (Å²) in [5, 5.41) is 14.5. The van der Waals surface area contributed by atoms with Gasteiger partial charge in [-0.2, -0.15) is 5.21 Å². The van der Waals surface area contributed by atoms with Gasteiger partial charge in [0.05, 0.1) is 6.61 Å². The number of benzene rings is 2. The number of nitrogens with one attached hydrogen (secondary N) is 1. The molecule has 9 heteroatoms. The fourth-order valence-corrected chi connectivity index (χ4v) is 5.24. The molecule has 0 saturated heterocycles. The second-order valence-electron chi connectivity index (χ2n) is 9.37. The van der Waals surface area contributed by atoms with Gasteiger partial charge in [0, 0.05) is 29.8 Å². The minimum atomic E-state index is -0.439. The summed E-state index contributed by atoms with van der Waals surface area (Å²) in [7, 11) is 0. The number of ether oxygens (including phenoxy) is 1. The van der Waals surface area contributed by atoms with Crippen LogP contribution in [-0.4, -0.2) is 42.6 Å². The van der Waals surface area contributed by atoms with Crippen molar-refractivity contribution in [3.63, 3.8) is 0 Å². The number of carbonyl (C=O) groups is 1. The lowest BCUT2D eigenvalue weighted by Crippen LogP contribution is -2.36. The normalized spacial score (nSPS) is 14.9. The van der Waals surface area contributed by atoms with Gasteiger partial charge >= 0.3 is 5.97 Å². The second kappa shape index (κ2) is 10.9. The Morgan fingerprint density at radius 1 is 1.11 bits per heavy atom. The Morgan fingerprint density at radius 2 is 1.89 bits per heavy atom. The standard InChI is InChI=1S/C28H32N6O3/c1-3-5-11-24-23(27(35)33-17-8-12-25(34(24)33)28(36)37-4-2)18-19-13-15-20(16-14-19)21-9-6-7-10-22(21)26-29-31-32-30-26/h6-7,9-10,13-16,25H,3-5,8,11-12,17-18H2,1-2H3,(H,29,30,31,32). The highest BCUT2D eigenvalue weighted by molar-refractivity contribution is 5.80. The predicted molar refractivity (Wildman–Crippen MR) is 140 cm³/mol. The first-order chi connectivity index (χ1) is 18.1. The molecule has 1 aliphatic rings. The van der Waals surface area contributed by atoms with Crippen molar-refractivity contribution in [3.8, 4) is 22.5 Å². The summed E-state index contributed by atoms with van der Waals surface area (Å²) in [6.07, 6.45) is 4.73. The minimum Gasteiger partial charge on any atom is -0.464 e. The highest BCUT2D eigenvalue weighted by atomic mass is 16.5. The number of aromatic amines is 1. The molecule has 5 rings (SSSR count). The van der Waals surface area contributed by atoms with Gasteiger partial charge in [0.15, 0.2) is 0 Å². The van der Waals surface area contributed by atoms with Crippen molar-refractivity contribution in [1.29, 1.82) is 0 Å². The van der Waals surface area contributed by atoms with Crippen molar-refractivity contribution in [1.82, 2.24) is 30.0 Å². The number of aromatic nitrogens is 6. The highest BCUT2D eigenvalue weighted by Gasteiger charge is 2.32. The average molecular weight is 501 g/mol. The lowest BCUT2D eigenvalue weighted by Gasteiger charge is -2.27. The molecule has 3 heterocycles. The highest BCUT2D eigenvalue weighted by Crippen LogP contribution is 2.31. The Labute approximate surface area is 215 Å². The maximum Gasteiger partial charge on any atom is 0.330 e. The number of hydrogen-bond donors (Lipinski definition) is 1. The van der Waals surface area contributed by atoms with Gasteiger partial charge in [-0.1, -0.05) is 61.9 Å². The van der Waals surface area contributed by atoms with E-state index in [-0.39, 0.29) is 11.5 Å². The van der Waals surface area contributed by atoms with E-state index in [9.17, 15) is 9.59 Å². The van der Waals surface area contributed by atoms with Crippen LogP contribution in [0, 0.1) is 0 Å². The van der Waals surface area contributed by atoms with Crippen molar-refractivity contribution < 1.29 is 9.53 Å². The Kier molecular flexibility index (Phi) is 7.30. The molecular formula is C28H32N6O3. The van der Waals surface area contributed by atoms with E-state index in [0.717, 1.165) is 59.2 Å². The van der Waals surface area contributed by atoms with E-state index in [4.69, 9.17) is 4.74 Å². The molecule has 0 aliphatic carbocycles. The molecule has 0 saturated carbocycles. The summed E-state index contributed by atoms with van der Waals surface area (Å²) in [6.45, 7) is 4.91. The number of H-pyrrole nitrogens is 1. The molecule has 0 amide bonds. The summed E-state index contributed by atoms with van der Waals surface area (Å²) in [5.74, 6) is 0.295. The molecule has 1 N–H and O–H groups in total. The lowest BCUT2D eigenvalue weighted by molar-refractivity contribution is -0.148. The van der Waals surface area contributed by atoms with Crippen molar-refractivity contribution >= 4 is 5.97 Å². The summed E-state index contributed by atoms with van der Waals surface area (Å²) >= 11 is 0. The molecule has 2 aromatic heterocycles. The van der Waals surface area contributed by atoms with Gasteiger partial charge < -0.3 is 4.74 Å².